The molecule has 1 unspecified atom stereocenters. The van der Waals surface area contributed by atoms with Gasteiger partial charge in [0.25, 0.3) is 5.91 Å². The van der Waals surface area contributed by atoms with E-state index in [0.29, 0.717) is 19.8 Å². The van der Waals surface area contributed by atoms with Gasteiger partial charge in [-0.05, 0) is 24.8 Å². The van der Waals surface area contributed by atoms with Gasteiger partial charge in [-0.15, -0.1) is 11.3 Å². The highest BCUT2D eigenvalue weighted by atomic mass is 32.1. The number of ether oxygens (including phenoxy) is 1. The minimum absolute atomic E-state index is 0.291. The van der Waals surface area contributed by atoms with Gasteiger partial charge in [0.1, 0.15) is 6.54 Å². The lowest BCUT2D eigenvalue weighted by molar-refractivity contribution is -0.134. The normalized spacial score (nSPS) is 20.3. The van der Waals surface area contributed by atoms with E-state index in [-0.39, 0.29) is 12.5 Å². The van der Waals surface area contributed by atoms with Crippen LogP contribution in [-0.2, 0) is 19.9 Å². The summed E-state index contributed by atoms with van der Waals surface area (Å²) in [6.07, 6.45) is 2.04. The Balaban J connectivity index is 1.83. The summed E-state index contributed by atoms with van der Waals surface area (Å²) in [5.41, 5.74) is -1.10. The van der Waals surface area contributed by atoms with Crippen molar-refractivity contribution >= 4 is 29.2 Å². The van der Waals surface area contributed by atoms with E-state index in [1.807, 2.05) is 11.4 Å². The maximum atomic E-state index is 12.6. The van der Waals surface area contributed by atoms with E-state index in [4.69, 9.17) is 4.74 Å². The third-order valence-electron chi connectivity index (χ3n) is 3.80. The quantitative estimate of drug-likeness (QED) is 0.519. The number of amides is 4. The van der Waals surface area contributed by atoms with Gasteiger partial charge in [-0.25, -0.2) is 4.79 Å². The molecule has 0 saturated carbocycles. The lowest BCUT2D eigenvalue weighted by Crippen LogP contribution is -2.43. The first-order valence-corrected chi connectivity index (χ1v) is 8.89. The highest BCUT2D eigenvalue weighted by Gasteiger charge is 2.50. The number of nitrogens with one attached hydrogen (secondary N) is 2. The number of thiophene rings is 1. The van der Waals surface area contributed by atoms with Crippen LogP contribution in [0.3, 0.4) is 0 Å². The predicted octanol–water partition coefficient (Wildman–Crippen LogP) is 1.45. The lowest BCUT2D eigenvalue weighted by Gasteiger charge is -2.19. The van der Waals surface area contributed by atoms with Crippen molar-refractivity contribution in [1.29, 1.82) is 0 Å². The smallest absolute Gasteiger partial charge is 0.325 e. The summed E-state index contributed by atoms with van der Waals surface area (Å²) < 4.78 is 5.35. The second kappa shape index (κ2) is 8.25. The molecule has 0 bridgehead atoms. The van der Waals surface area contributed by atoms with E-state index >= 15 is 0 Å². The Hall–Kier alpha value is -1.93. The number of nitrogens with zero attached hydrogens (tertiary/aromatic N) is 1. The summed E-state index contributed by atoms with van der Waals surface area (Å²) in [6.45, 7) is 4.87. The number of carbonyl (C=O) groups excluding carboxylic acids is 3. The first kappa shape index (κ1) is 18.4. The Morgan fingerprint density at radius 3 is 2.88 bits per heavy atom. The van der Waals surface area contributed by atoms with Crippen LogP contribution in [0.25, 0.3) is 0 Å². The number of urea groups is 1. The molecule has 0 aliphatic carbocycles. The van der Waals surface area contributed by atoms with Crippen LogP contribution in [0.4, 0.5) is 4.79 Å². The first-order chi connectivity index (χ1) is 11.5. The van der Waals surface area contributed by atoms with E-state index in [2.05, 4.69) is 17.6 Å². The Morgan fingerprint density at radius 2 is 2.21 bits per heavy atom. The standard InChI is InChI=1S/C16H23N3O4S/c1-3-4-8-23-9-7-17-13(20)11-19-14(21)16(2,18-15(19)22)12-6-5-10-24-12/h5-6,10H,3-4,7-9,11H2,1-2H3,(H,17,20)(H,18,22). The van der Waals surface area contributed by atoms with Crippen LogP contribution in [0.2, 0.25) is 0 Å². The summed E-state index contributed by atoms with van der Waals surface area (Å²) in [7, 11) is 0. The maximum absolute atomic E-state index is 12.6. The number of hydrogen-bond donors (Lipinski definition) is 2. The second-order valence-corrected chi connectivity index (χ2v) is 6.69. The van der Waals surface area contributed by atoms with Gasteiger partial charge in [0, 0.05) is 18.0 Å². The molecule has 1 atom stereocenters. The van der Waals surface area contributed by atoms with Crippen LogP contribution < -0.4 is 10.6 Å². The van der Waals surface area contributed by atoms with E-state index in [1.165, 1.54) is 11.3 Å². The topological polar surface area (TPSA) is 87.7 Å². The molecule has 132 valence electrons. The number of imide groups is 1. The predicted molar refractivity (Wildman–Crippen MR) is 90.7 cm³/mol. The lowest BCUT2D eigenvalue weighted by atomic mass is 10.0. The fraction of sp³-hybridized carbons (Fsp3) is 0.562. The van der Waals surface area contributed by atoms with Gasteiger partial charge < -0.3 is 15.4 Å². The summed E-state index contributed by atoms with van der Waals surface area (Å²) in [6, 6.07) is 3.06. The van der Waals surface area contributed by atoms with E-state index < -0.39 is 17.5 Å². The molecule has 1 fully saturated rings. The van der Waals surface area contributed by atoms with Crippen LogP contribution in [0, 0.1) is 0 Å². The van der Waals surface area contributed by atoms with Crippen molar-refractivity contribution in [2.75, 3.05) is 26.3 Å². The van der Waals surface area contributed by atoms with Crippen molar-refractivity contribution in [3.05, 3.63) is 22.4 Å². The minimum Gasteiger partial charge on any atom is -0.380 e. The van der Waals surface area contributed by atoms with Crippen molar-refractivity contribution in [1.82, 2.24) is 15.5 Å². The Labute approximate surface area is 145 Å². The van der Waals surface area contributed by atoms with Crippen molar-refractivity contribution < 1.29 is 19.1 Å². The average molecular weight is 353 g/mol. The average Bonchev–Trinajstić information content (AvgIpc) is 3.15. The van der Waals surface area contributed by atoms with Crippen molar-refractivity contribution in [3.8, 4) is 0 Å². The molecule has 0 spiro atoms. The Morgan fingerprint density at radius 1 is 1.42 bits per heavy atom. The van der Waals surface area contributed by atoms with Crippen LogP contribution in [0.1, 0.15) is 31.6 Å². The van der Waals surface area contributed by atoms with Gasteiger partial charge in [-0.2, -0.15) is 0 Å². The van der Waals surface area contributed by atoms with E-state index in [1.54, 1.807) is 13.0 Å². The third kappa shape index (κ3) is 4.12. The fourth-order valence-electron chi connectivity index (χ4n) is 2.38. The molecule has 1 aromatic rings. The minimum atomic E-state index is -1.10. The van der Waals surface area contributed by atoms with Crippen molar-refractivity contribution in [2.45, 2.75) is 32.2 Å². The summed E-state index contributed by atoms with van der Waals surface area (Å²) in [4.78, 5) is 38.3. The zero-order valence-electron chi connectivity index (χ0n) is 14.0. The second-order valence-electron chi connectivity index (χ2n) is 5.74. The summed E-state index contributed by atoms with van der Waals surface area (Å²) in [5, 5.41) is 7.17. The van der Waals surface area contributed by atoms with Gasteiger partial charge >= 0.3 is 6.03 Å². The molecule has 24 heavy (non-hydrogen) atoms. The largest absolute Gasteiger partial charge is 0.380 e. The van der Waals surface area contributed by atoms with E-state index in [0.717, 1.165) is 22.6 Å². The van der Waals surface area contributed by atoms with Gasteiger partial charge in [0.15, 0.2) is 5.54 Å². The fourth-order valence-corrected chi connectivity index (χ4v) is 3.22. The molecule has 0 aromatic carbocycles. The number of unbranched alkanes of at least 4 members (excludes halogenated alkanes) is 1. The summed E-state index contributed by atoms with van der Waals surface area (Å²) >= 11 is 1.39. The van der Waals surface area contributed by atoms with Gasteiger partial charge in [0.2, 0.25) is 5.91 Å². The number of hydrogen-bond acceptors (Lipinski definition) is 5. The molecule has 1 aliphatic rings. The molecule has 8 heteroatoms. The molecule has 0 radical (unpaired) electrons. The Bertz CT molecular complexity index is 590. The van der Waals surface area contributed by atoms with Crippen LogP contribution in [0.15, 0.2) is 17.5 Å². The zero-order valence-corrected chi connectivity index (χ0v) is 14.8. The maximum Gasteiger partial charge on any atom is 0.325 e. The Kier molecular flexibility index (Phi) is 6.33. The number of carbonyl (C=O) groups is 3. The molecule has 1 aliphatic heterocycles. The van der Waals surface area contributed by atoms with Crippen LogP contribution in [-0.4, -0.2) is 49.0 Å². The molecule has 2 heterocycles. The zero-order chi connectivity index (χ0) is 17.6. The van der Waals surface area contributed by atoms with Gasteiger partial charge in [0.05, 0.1) is 6.61 Å². The molecule has 2 N–H and O–H groups in total. The van der Waals surface area contributed by atoms with Crippen LogP contribution >= 0.6 is 11.3 Å². The molecular formula is C16H23N3O4S. The molecule has 1 aromatic heterocycles. The molecule has 1 saturated heterocycles. The highest BCUT2D eigenvalue weighted by molar-refractivity contribution is 7.10. The van der Waals surface area contributed by atoms with Crippen LogP contribution in [0.5, 0.6) is 0 Å². The monoisotopic (exact) mass is 353 g/mol. The van der Waals surface area contributed by atoms with Gasteiger partial charge in [-0.3, -0.25) is 14.5 Å². The molecule has 7 nitrogen and oxygen atoms in total. The molecular weight excluding hydrogens is 330 g/mol. The van der Waals surface area contributed by atoms with Crippen molar-refractivity contribution in [3.63, 3.8) is 0 Å². The summed E-state index contributed by atoms with van der Waals surface area (Å²) in [5.74, 6) is -0.794. The highest BCUT2D eigenvalue weighted by Crippen LogP contribution is 2.31. The molecule has 4 amide bonds. The van der Waals surface area contributed by atoms with E-state index in [9.17, 15) is 14.4 Å². The first-order valence-electron chi connectivity index (χ1n) is 8.01. The SMILES string of the molecule is CCCCOCCNC(=O)CN1C(=O)NC(C)(c2cccs2)C1=O. The third-order valence-corrected chi connectivity index (χ3v) is 4.89. The number of rotatable bonds is 9. The molecule has 2 rings (SSSR count). The van der Waals surface area contributed by atoms with Gasteiger partial charge in [-0.1, -0.05) is 19.4 Å². The van der Waals surface area contributed by atoms with Crippen molar-refractivity contribution in [2.24, 2.45) is 0 Å².